The van der Waals surface area contributed by atoms with Crippen molar-refractivity contribution in [2.45, 2.75) is 47.1 Å². The smallest absolute Gasteiger partial charge is 0.262 e. The summed E-state index contributed by atoms with van der Waals surface area (Å²) in [6.07, 6.45) is 3.78. The van der Waals surface area contributed by atoms with Gasteiger partial charge in [-0.25, -0.2) is 4.98 Å². The minimum absolute atomic E-state index is 0.108. The monoisotopic (exact) mass is 307 g/mol. The van der Waals surface area contributed by atoms with Crippen LogP contribution in [0.15, 0.2) is 11.1 Å². The lowest BCUT2D eigenvalue weighted by atomic mass is 10.2. The van der Waals surface area contributed by atoms with Crippen LogP contribution in [0.3, 0.4) is 0 Å². The Labute approximate surface area is 130 Å². The minimum Gasteiger partial charge on any atom is -0.316 e. The average molecular weight is 307 g/mol. The van der Waals surface area contributed by atoms with E-state index in [9.17, 15) is 4.79 Å². The van der Waals surface area contributed by atoms with Crippen molar-refractivity contribution in [2.75, 3.05) is 13.1 Å². The fourth-order valence-electron chi connectivity index (χ4n) is 2.35. The first-order valence-electron chi connectivity index (χ1n) is 7.66. The molecule has 5 heteroatoms. The topological polar surface area (TPSA) is 46.9 Å². The molecule has 0 bridgehead atoms. The molecular weight excluding hydrogens is 282 g/mol. The number of nitrogens with zero attached hydrogens (tertiary/aromatic N) is 2. The molecule has 0 saturated heterocycles. The van der Waals surface area contributed by atoms with Gasteiger partial charge in [-0.2, -0.15) is 0 Å². The number of aryl methyl sites for hydroxylation is 3. The fraction of sp³-hybridized carbons (Fsp3) is 0.625. The van der Waals surface area contributed by atoms with Crippen LogP contribution in [0.4, 0.5) is 0 Å². The van der Waals surface area contributed by atoms with Gasteiger partial charge >= 0.3 is 0 Å². The Kier molecular flexibility index (Phi) is 5.53. The lowest BCUT2D eigenvalue weighted by Gasteiger charge is -2.08. The van der Waals surface area contributed by atoms with Crippen molar-refractivity contribution in [3.8, 4) is 0 Å². The summed E-state index contributed by atoms with van der Waals surface area (Å²) >= 11 is 1.60. The van der Waals surface area contributed by atoms with Gasteiger partial charge in [0.15, 0.2) is 0 Å². The third kappa shape index (κ3) is 3.92. The molecule has 0 aromatic carbocycles. The largest absolute Gasteiger partial charge is 0.316 e. The third-order valence-corrected chi connectivity index (χ3v) is 4.83. The van der Waals surface area contributed by atoms with E-state index in [1.807, 2.05) is 13.8 Å². The Morgan fingerprint density at radius 1 is 1.33 bits per heavy atom. The first-order chi connectivity index (χ1) is 10.0. The van der Waals surface area contributed by atoms with Gasteiger partial charge in [0.1, 0.15) is 4.83 Å². The van der Waals surface area contributed by atoms with Crippen molar-refractivity contribution in [1.82, 2.24) is 14.9 Å². The minimum atomic E-state index is 0.108. The molecule has 0 aliphatic heterocycles. The summed E-state index contributed by atoms with van der Waals surface area (Å²) in [6, 6.07) is 0. The molecule has 0 radical (unpaired) electrons. The van der Waals surface area contributed by atoms with E-state index in [1.54, 1.807) is 22.2 Å². The van der Waals surface area contributed by atoms with Crippen LogP contribution < -0.4 is 10.9 Å². The van der Waals surface area contributed by atoms with Crippen LogP contribution in [-0.4, -0.2) is 22.6 Å². The highest BCUT2D eigenvalue weighted by Crippen LogP contribution is 2.25. The molecule has 2 heterocycles. The molecule has 0 saturated carbocycles. The van der Waals surface area contributed by atoms with E-state index in [2.05, 4.69) is 24.1 Å². The number of aromatic nitrogens is 2. The Hall–Kier alpha value is -1.20. The number of nitrogens with one attached hydrogen (secondary N) is 1. The summed E-state index contributed by atoms with van der Waals surface area (Å²) in [5, 5.41) is 4.23. The quantitative estimate of drug-likeness (QED) is 0.800. The SMILES string of the molecule is Cc1sc2ncn(CCCCNCC(C)C)c(=O)c2c1C. The van der Waals surface area contributed by atoms with Crippen LogP contribution in [0.5, 0.6) is 0 Å². The first kappa shape index (κ1) is 16.2. The fourth-order valence-corrected chi connectivity index (χ4v) is 3.34. The second-order valence-electron chi connectivity index (χ2n) is 6.01. The molecule has 0 fully saturated rings. The Bertz CT molecular complexity index is 657. The highest BCUT2D eigenvalue weighted by molar-refractivity contribution is 7.18. The Morgan fingerprint density at radius 3 is 2.81 bits per heavy atom. The lowest BCUT2D eigenvalue weighted by molar-refractivity contribution is 0.515. The van der Waals surface area contributed by atoms with Crippen molar-refractivity contribution in [2.24, 2.45) is 5.92 Å². The summed E-state index contributed by atoms with van der Waals surface area (Å²) in [5.41, 5.74) is 1.19. The van der Waals surface area contributed by atoms with Crippen molar-refractivity contribution < 1.29 is 0 Å². The molecule has 2 rings (SSSR count). The lowest BCUT2D eigenvalue weighted by Crippen LogP contribution is -2.23. The number of hydrogen-bond donors (Lipinski definition) is 1. The zero-order valence-corrected chi connectivity index (χ0v) is 14.2. The van der Waals surface area contributed by atoms with Crippen LogP contribution in [0.2, 0.25) is 0 Å². The molecule has 2 aromatic heterocycles. The zero-order chi connectivity index (χ0) is 15.4. The van der Waals surface area contributed by atoms with E-state index >= 15 is 0 Å². The van der Waals surface area contributed by atoms with Gasteiger partial charge in [-0.05, 0) is 51.3 Å². The summed E-state index contributed by atoms with van der Waals surface area (Å²) in [7, 11) is 0. The molecule has 4 nitrogen and oxygen atoms in total. The van der Waals surface area contributed by atoms with Gasteiger partial charge in [0, 0.05) is 11.4 Å². The predicted octanol–water partition coefficient (Wildman–Crippen LogP) is 3.10. The molecule has 1 N–H and O–H groups in total. The number of rotatable bonds is 7. The molecular formula is C16H25N3OS. The number of thiophene rings is 1. The molecule has 0 aliphatic rings. The van der Waals surface area contributed by atoms with E-state index in [4.69, 9.17) is 0 Å². The molecule has 0 spiro atoms. The highest BCUT2D eigenvalue weighted by Gasteiger charge is 2.11. The van der Waals surface area contributed by atoms with Crippen LogP contribution in [-0.2, 0) is 6.54 Å². The van der Waals surface area contributed by atoms with Crippen LogP contribution in [0.25, 0.3) is 10.2 Å². The van der Waals surface area contributed by atoms with Gasteiger partial charge in [-0.3, -0.25) is 9.36 Å². The second-order valence-corrected chi connectivity index (χ2v) is 7.21. The van der Waals surface area contributed by atoms with E-state index < -0.39 is 0 Å². The molecule has 2 aromatic rings. The van der Waals surface area contributed by atoms with Crippen molar-refractivity contribution in [3.63, 3.8) is 0 Å². The van der Waals surface area contributed by atoms with E-state index in [-0.39, 0.29) is 5.56 Å². The van der Waals surface area contributed by atoms with Gasteiger partial charge in [0.05, 0.1) is 11.7 Å². The van der Waals surface area contributed by atoms with E-state index in [0.717, 1.165) is 48.3 Å². The molecule has 0 atom stereocenters. The predicted molar refractivity (Wildman–Crippen MR) is 90.3 cm³/mol. The molecule has 0 amide bonds. The summed E-state index contributed by atoms with van der Waals surface area (Å²) < 4.78 is 1.75. The summed E-state index contributed by atoms with van der Waals surface area (Å²) in [4.78, 5) is 19.0. The van der Waals surface area contributed by atoms with Crippen LogP contribution in [0.1, 0.15) is 37.1 Å². The Morgan fingerprint density at radius 2 is 2.10 bits per heavy atom. The number of fused-ring (bicyclic) bond motifs is 1. The van der Waals surface area contributed by atoms with E-state index in [0.29, 0.717) is 5.92 Å². The standard InChI is InChI=1S/C16H25N3OS/c1-11(2)9-17-7-5-6-8-19-10-18-15-14(16(19)20)12(3)13(4)21-15/h10-11,17H,5-9H2,1-4H3. The van der Waals surface area contributed by atoms with Crippen LogP contribution in [0, 0.1) is 19.8 Å². The number of unbranched alkanes of at least 4 members (excludes halogenated alkanes) is 1. The molecule has 0 aliphatic carbocycles. The maximum Gasteiger partial charge on any atom is 0.262 e. The molecule has 21 heavy (non-hydrogen) atoms. The Balaban J connectivity index is 1.95. The van der Waals surface area contributed by atoms with Gasteiger partial charge < -0.3 is 5.32 Å². The normalized spacial score (nSPS) is 11.7. The van der Waals surface area contributed by atoms with Crippen molar-refractivity contribution >= 4 is 21.6 Å². The van der Waals surface area contributed by atoms with Gasteiger partial charge in [0.25, 0.3) is 5.56 Å². The van der Waals surface area contributed by atoms with Gasteiger partial charge in [-0.15, -0.1) is 11.3 Å². The molecule has 116 valence electrons. The van der Waals surface area contributed by atoms with Gasteiger partial charge in [-0.1, -0.05) is 13.8 Å². The van der Waals surface area contributed by atoms with Crippen molar-refractivity contribution in [1.29, 1.82) is 0 Å². The summed E-state index contributed by atoms with van der Waals surface area (Å²) in [5.74, 6) is 0.684. The maximum atomic E-state index is 12.5. The van der Waals surface area contributed by atoms with Crippen molar-refractivity contribution in [3.05, 3.63) is 27.1 Å². The zero-order valence-electron chi connectivity index (χ0n) is 13.4. The second kappa shape index (κ2) is 7.18. The highest BCUT2D eigenvalue weighted by atomic mass is 32.1. The van der Waals surface area contributed by atoms with Crippen LogP contribution >= 0.6 is 11.3 Å². The molecule has 0 unspecified atom stereocenters. The maximum absolute atomic E-state index is 12.5. The van der Waals surface area contributed by atoms with E-state index in [1.165, 1.54) is 4.88 Å². The first-order valence-corrected chi connectivity index (χ1v) is 8.48. The third-order valence-electron chi connectivity index (χ3n) is 3.71. The summed E-state index contributed by atoms with van der Waals surface area (Å²) in [6.45, 7) is 11.3. The average Bonchev–Trinajstić information content (AvgIpc) is 2.72. The van der Waals surface area contributed by atoms with Gasteiger partial charge in [0.2, 0.25) is 0 Å². The number of hydrogen-bond acceptors (Lipinski definition) is 4.